The molecular weight excluding hydrogens is 368 g/mol. The van der Waals surface area contributed by atoms with E-state index >= 15 is 0 Å². The van der Waals surface area contributed by atoms with Gasteiger partial charge < -0.3 is 14.9 Å². The Hall–Kier alpha value is -1.20. The van der Waals surface area contributed by atoms with Crippen LogP contribution in [0.15, 0.2) is 12.2 Å². The van der Waals surface area contributed by atoms with Crippen molar-refractivity contribution in [3.63, 3.8) is 0 Å². The molecule has 0 unspecified atom stereocenters. The van der Waals surface area contributed by atoms with Gasteiger partial charge in [-0.2, -0.15) is 0 Å². The third-order valence-electron chi connectivity index (χ3n) is 6.74. The van der Waals surface area contributed by atoms with Crippen LogP contribution in [0.25, 0.3) is 0 Å². The van der Waals surface area contributed by atoms with E-state index in [-0.39, 0.29) is 30.0 Å². The van der Waals surface area contributed by atoms with Crippen LogP contribution in [0.3, 0.4) is 0 Å². The SMILES string of the molecule is CCCC[C@](O)(CC=C[C@H]1[C@H](O)CC(=O)[C@@H]1CCCCCCC(=O)OC)C1CC1. The van der Waals surface area contributed by atoms with E-state index in [1.165, 1.54) is 7.11 Å². The smallest absolute Gasteiger partial charge is 0.305 e. The highest BCUT2D eigenvalue weighted by atomic mass is 16.5. The van der Waals surface area contributed by atoms with Gasteiger partial charge in [0.2, 0.25) is 0 Å². The molecule has 0 spiro atoms. The molecule has 0 amide bonds. The summed E-state index contributed by atoms with van der Waals surface area (Å²) in [5.41, 5.74) is -0.616. The van der Waals surface area contributed by atoms with Gasteiger partial charge in [0.05, 0.1) is 18.8 Å². The molecule has 0 aromatic heterocycles. The number of carbonyl (C=O) groups excluding carboxylic acids is 2. The fourth-order valence-electron chi connectivity index (χ4n) is 4.69. The average Bonchev–Trinajstić information content (AvgIpc) is 3.51. The average molecular weight is 409 g/mol. The predicted octanol–water partition coefficient (Wildman–Crippen LogP) is 4.34. The van der Waals surface area contributed by atoms with Gasteiger partial charge >= 0.3 is 5.97 Å². The monoisotopic (exact) mass is 408 g/mol. The van der Waals surface area contributed by atoms with Crippen molar-refractivity contribution >= 4 is 11.8 Å². The molecule has 0 saturated heterocycles. The van der Waals surface area contributed by atoms with Crippen LogP contribution >= 0.6 is 0 Å². The number of hydrogen-bond donors (Lipinski definition) is 2. The van der Waals surface area contributed by atoms with Crippen molar-refractivity contribution in [2.45, 2.75) is 102 Å². The van der Waals surface area contributed by atoms with Gasteiger partial charge in [-0.3, -0.25) is 9.59 Å². The normalized spacial score (nSPS) is 26.8. The van der Waals surface area contributed by atoms with Gasteiger partial charge in [0.25, 0.3) is 0 Å². The van der Waals surface area contributed by atoms with E-state index in [2.05, 4.69) is 11.7 Å². The number of ketones is 1. The number of aliphatic hydroxyl groups excluding tert-OH is 1. The van der Waals surface area contributed by atoms with Crippen molar-refractivity contribution in [3.8, 4) is 0 Å². The van der Waals surface area contributed by atoms with Crippen LogP contribution in [0.2, 0.25) is 0 Å². The van der Waals surface area contributed by atoms with Crippen molar-refractivity contribution in [1.29, 1.82) is 0 Å². The van der Waals surface area contributed by atoms with Crippen LogP contribution in [0, 0.1) is 17.8 Å². The maximum absolute atomic E-state index is 12.4. The maximum Gasteiger partial charge on any atom is 0.305 e. The van der Waals surface area contributed by atoms with Crippen LogP contribution in [0.1, 0.15) is 90.4 Å². The van der Waals surface area contributed by atoms with Gasteiger partial charge in [-0.1, -0.05) is 51.2 Å². The molecule has 2 aliphatic rings. The zero-order chi connectivity index (χ0) is 21.3. The molecule has 5 nitrogen and oxygen atoms in total. The Bertz CT molecular complexity index is 553. The van der Waals surface area contributed by atoms with Gasteiger partial charge in [-0.05, 0) is 44.4 Å². The summed E-state index contributed by atoms with van der Waals surface area (Å²) in [5, 5.41) is 21.4. The lowest BCUT2D eigenvalue weighted by Gasteiger charge is -2.27. The van der Waals surface area contributed by atoms with Gasteiger partial charge in [0.15, 0.2) is 0 Å². The Kier molecular flexibility index (Phi) is 9.84. The van der Waals surface area contributed by atoms with Gasteiger partial charge in [-0.25, -0.2) is 0 Å². The molecule has 2 fully saturated rings. The van der Waals surface area contributed by atoms with Crippen LogP contribution in [-0.2, 0) is 14.3 Å². The number of carbonyl (C=O) groups is 2. The van der Waals surface area contributed by atoms with Crippen molar-refractivity contribution in [2.24, 2.45) is 17.8 Å². The predicted molar refractivity (Wildman–Crippen MR) is 113 cm³/mol. The molecule has 0 aromatic rings. The first-order valence-corrected chi connectivity index (χ1v) is 11.6. The lowest BCUT2D eigenvalue weighted by atomic mass is 9.85. The Labute approximate surface area is 175 Å². The van der Waals surface area contributed by atoms with E-state index in [1.54, 1.807) is 0 Å². The van der Waals surface area contributed by atoms with Crippen molar-refractivity contribution in [1.82, 2.24) is 0 Å². The third kappa shape index (κ3) is 7.53. The summed E-state index contributed by atoms with van der Waals surface area (Å²) in [6.07, 6.45) is 14.3. The summed E-state index contributed by atoms with van der Waals surface area (Å²) < 4.78 is 4.64. The van der Waals surface area contributed by atoms with Crippen molar-refractivity contribution in [3.05, 3.63) is 12.2 Å². The molecule has 0 radical (unpaired) electrons. The maximum atomic E-state index is 12.4. The summed E-state index contributed by atoms with van der Waals surface area (Å²) in [5.74, 6) is 0.146. The van der Waals surface area contributed by atoms with Crippen LogP contribution in [0.4, 0.5) is 0 Å². The number of rotatable bonds is 14. The first-order valence-electron chi connectivity index (χ1n) is 11.6. The molecule has 0 heterocycles. The zero-order valence-electron chi connectivity index (χ0n) is 18.3. The van der Waals surface area contributed by atoms with E-state index in [0.29, 0.717) is 18.8 Å². The Morgan fingerprint density at radius 3 is 2.59 bits per heavy atom. The third-order valence-corrected chi connectivity index (χ3v) is 6.74. The Morgan fingerprint density at radius 2 is 1.93 bits per heavy atom. The van der Waals surface area contributed by atoms with E-state index in [0.717, 1.165) is 64.2 Å². The molecule has 0 aliphatic heterocycles. The Balaban J connectivity index is 1.80. The van der Waals surface area contributed by atoms with E-state index in [4.69, 9.17) is 0 Å². The summed E-state index contributed by atoms with van der Waals surface area (Å²) >= 11 is 0. The minimum atomic E-state index is -0.616. The summed E-state index contributed by atoms with van der Waals surface area (Å²) in [4.78, 5) is 23.5. The second-order valence-electron chi connectivity index (χ2n) is 9.06. The second kappa shape index (κ2) is 11.8. The standard InChI is InChI=1S/C24H40O5/c1-3-4-15-24(28,18-13-14-18)16-9-11-20-19(21(25)17-22(20)26)10-7-5-6-8-12-23(27)29-2/h9,11,18-20,22,26,28H,3-8,10,12-17H2,1-2H3/t19-,20-,22-,24+/m1/s1. The summed E-state index contributed by atoms with van der Waals surface area (Å²) in [6.45, 7) is 2.14. The fraction of sp³-hybridized carbons (Fsp3) is 0.833. The molecule has 2 aliphatic carbocycles. The number of unbranched alkanes of at least 4 members (excludes halogenated alkanes) is 4. The lowest BCUT2D eigenvalue weighted by molar-refractivity contribution is -0.140. The highest BCUT2D eigenvalue weighted by molar-refractivity contribution is 5.84. The number of esters is 1. The van der Waals surface area contributed by atoms with E-state index in [9.17, 15) is 19.8 Å². The minimum absolute atomic E-state index is 0.119. The highest BCUT2D eigenvalue weighted by Crippen LogP contribution is 2.45. The number of ether oxygens (including phenoxy) is 1. The molecule has 2 rings (SSSR count). The molecule has 29 heavy (non-hydrogen) atoms. The zero-order valence-corrected chi connectivity index (χ0v) is 18.3. The molecule has 2 saturated carbocycles. The molecule has 5 heteroatoms. The summed E-state index contributed by atoms with van der Waals surface area (Å²) in [6, 6.07) is 0. The summed E-state index contributed by atoms with van der Waals surface area (Å²) in [7, 11) is 1.41. The van der Waals surface area contributed by atoms with Crippen molar-refractivity contribution in [2.75, 3.05) is 7.11 Å². The van der Waals surface area contributed by atoms with Crippen LogP contribution in [0.5, 0.6) is 0 Å². The first-order chi connectivity index (χ1) is 13.9. The van der Waals surface area contributed by atoms with Gasteiger partial charge in [0, 0.05) is 24.7 Å². The number of aliphatic hydroxyl groups is 2. The first kappa shape index (κ1) is 24.1. The largest absolute Gasteiger partial charge is 0.469 e. The molecular formula is C24H40O5. The quantitative estimate of drug-likeness (QED) is 0.254. The Morgan fingerprint density at radius 1 is 1.21 bits per heavy atom. The second-order valence-corrected chi connectivity index (χ2v) is 9.06. The molecule has 166 valence electrons. The number of methoxy groups -OCH3 is 1. The van der Waals surface area contributed by atoms with Crippen molar-refractivity contribution < 1.29 is 24.5 Å². The van der Waals surface area contributed by atoms with E-state index in [1.807, 2.05) is 12.2 Å². The number of Topliss-reactive ketones (excluding diaryl/α,β-unsaturated/α-hetero) is 1. The fourth-order valence-corrected chi connectivity index (χ4v) is 4.69. The molecule has 4 atom stereocenters. The van der Waals surface area contributed by atoms with Crippen LogP contribution < -0.4 is 0 Å². The van der Waals surface area contributed by atoms with Gasteiger partial charge in [0.1, 0.15) is 5.78 Å². The van der Waals surface area contributed by atoms with E-state index < -0.39 is 11.7 Å². The topological polar surface area (TPSA) is 83.8 Å². The lowest BCUT2D eigenvalue weighted by Crippen LogP contribution is -2.30. The van der Waals surface area contributed by atoms with Crippen LogP contribution in [-0.4, -0.2) is 40.8 Å². The molecule has 0 bridgehead atoms. The molecule has 2 N–H and O–H groups in total. The highest BCUT2D eigenvalue weighted by Gasteiger charge is 2.43. The molecule has 0 aromatic carbocycles. The number of hydrogen-bond acceptors (Lipinski definition) is 5. The van der Waals surface area contributed by atoms with Gasteiger partial charge in [-0.15, -0.1) is 0 Å². The minimum Gasteiger partial charge on any atom is -0.469 e.